The van der Waals surface area contributed by atoms with Crippen molar-refractivity contribution < 1.29 is 14.3 Å². The van der Waals surface area contributed by atoms with Gasteiger partial charge in [0.05, 0.1) is 6.61 Å². The highest BCUT2D eigenvalue weighted by molar-refractivity contribution is 6.68. The largest absolute Gasteiger partial charge is 0.464 e. The number of hydrogen-bond acceptors (Lipinski definition) is 3. The van der Waals surface area contributed by atoms with E-state index in [9.17, 15) is 4.79 Å². The quantitative estimate of drug-likeness (QED) is 0.414. The van der Waals surface area contributed by atoms with E-state index in [-0.39, 0.29) is 0 Å². The van der Waals surface area contributed by atoms with Crippen molar-refractivity contribution in [1.29, 1.82) is 0 Å². The van der Waals surface area contributed by atoms with Gasteiger partial charge in [0.1, 0.15) is 6.10 Å². The van der Waals surface area contributed by atoms with Crippen LogP contribution in [-0.2, 0) is 14.3 Å². The molecule has 1 aliphatic heterocycles. The number of alkyl halides is 3. The lowest BCUT2D eigenvalue weighted by molar-refractivity contribution is -0.144. The molecule has 0 amide bonds. The summed E-state index contributed by atoms with van der Waals surface area (Å²) in [4.78, 5) is 10.9. The Bertz CT molecular complexity index is 189. The maximum absolute atomic E-state index is 10.9. The van der Waals surface area contributed by atoms with Gasteiger partial charge in [0.15, 0.2) is 6.10 Å². The molecule has 1 heterocycles. The normalized spacial score (nSPS) is 28.3. The Balaban J connectivity index is 2.37. The molecule has 6 heteroatoms. The average molecular weight is 233 g/mol. The zero-order chi connectivity index (χ0) is 9.35. The van der Waals surface area contributed by atoms with Gasteiger partial charge < -0.3 is 9.47 Å². The first-order chi connectivity index (χ1) is 5.46. The van der Waals surface area contributed by atoms with Crippen LogP contribution in [0.3, 0.4) is 0 Å². The predicted molar refractivity (Wildman–Crippen MR) is 45.6 cm³/mol. The molecule has 70 valence electrons. The minimum Gasteiger partial charge on any atom is -0.464 e. The Hall–Kier alpha value is 0.300. The molecule has 0 aromatic rings. The van der Waals surface area contributed by atoms with Crippen molar-refractivity contribution in [3.8, 4) is 0 Å². The molecule has 0 radical (unpaired) electrons. The molecule has 0 spiro atoms. The van der Waals surface area contributed by atoms with Gasteiger partial charge in [-0.25, -0.2) is 4.79 Å². The summed E-state index contributed by atoms with van der Waals surface area (Å²) in [5, 5.41) is 0. The SMILES string of the molecule is CCOC(=O)[C@H]1O[C@H]1C(Cl)(Cl)Cl. The highest BCUT2D eigenvalue weighted by Gasteiger charge is 2.57. The minimum absolute atomic E-state index is 0.297. The number of carbonyl (C=O) groups excluding carboxylic acids is 1. The number of ether oxygens (including phenoxy) is 2. The maximum Gasteiger partial charge on any atom is 0.338 e. The number of rotatable bonds is 2. The fourth-order valence-corrected chi connectivity index (χ4v) is 1.26. The molecule has 0 bridgehead atoms. The van der Waals surface area contributed by atoms with Crippen LogP contribution in [0.5, 0.6) is 0 Å². The number of halogens is 3. The van der Waals surface area contributed by atoms with Crippen LogP contribution >= 0.6 is 34.8 Å². The second-order valence-electron chi connectivity index (χ2n) is 2.27. The lowest BCUT2D eigenvalue weighted by Gasteiger charge is -2.04. The summed E-state index contributed by atoms with van der Waals surface area (Å²) in [6, 6.07) is 0. The van der Waals surface area contributed by atoms with Gasteiger partial charge in [-0.05, 0) is 6.92 Å². The Morgan fingerprint density at radius 3 is 2.50 bits per heavy atom. The van der Waals surface area contributed by atoms with E-state index in [1.165, 1.54) is 0 Å². The van der Waals surface area contributed by atoms with Crippen LogP contribution in [0, 0.1) is 0 Å². The summed E-state index contributed by atoms with van der Waals surface area (Å²) in [6.45, 7) is 2.00. The summed E-state index contributed by atoms with van der Waals surface area (Å²) in [5.41, 5.74) is 0. The van der Waals surface area contributed by atoms with Gasteiger partial charge in [-0.1, -0.05) is 34.8 Å². The molecule has 1 fully saturated rings. The number of epoxide rings is 1. The van der Waals surface area contributed by atoms with E-state index in [0.717, 1.165) is 0 Å². The van der Waals surface area contributed by atoms with Crippen molar-refractivity contribution in [3.05, 3.63) is 0 Å². The first kappa shape index (κ1) is 10.4. The summed E-state index contributed by atoms with van der Waals surface area (Å²) in [7, 11) is 0. The number of hydrogen-bond donors (Lipinski definition) is 0. The fraction of sp³-hybridized carbons (Fsp3) is 0.833. The highest BCUT2D eigenvalue weighted by Crippen LogP contribution is 2.43. The summed E-state index contributed by atoms with van der Waals surface area (Å²) in [5.74, 6) is -0.478. The smallest absolute Gasteiger partial charge is 0.338 e. The van der Waals surface area contributed by atoms with Gasteiger partial charge in [0.2, 0.25) is 3.79 Å². The summed E-state index contributed by atoms with van der Waals surface area (Å²) < 4.78 is 7.93. The number of esters is 1. The third-order valence-electron chi connectivity index (χ3n) is 1.33. The third kappa shape index (κ3) is 2.39. The van der Waals surface area contributed by atoms with Crippen LogP contribution in [0.25, 0.3) is 0 Å². The van der Waals surface area contributed by atoms with Crippen molar-refractivity contribution in [2.75, 3.05) is 6.61 Å². The van der Waals surface area contributed by atoms with E-state index in [2.05, 4.69) is 4.74 Å². The van der Waals surface area contributed by atoms with Crippen LogP contribution in [0.15, 0.2) is 0 Å². The van der Waals surface area contributed by atoms with Gasteiger partial charge in [0, 0.05) is 0 Å². The van der Waals surface area contributed by atoms with Crippen molar-refractivity contribution in [2.24, 2.45) is 0 Å². The van der Waals surface area contributed by atoms with Crippen LogP contribution in [0.4, 0.5) is 0 Å². The van der Waals surface area contributed by atoms with Crippen LogP contribution in [0.1, 0.15) is 6.92 Å². The lowest BCUT2D eigenvalue weighted by Crippen LogP contribution is -2.21. The molecular weight excluding hydrogens is 226 g/mol. The first-order valence-corrected chi connectivity index (χ1v) is 4.49. The third-order valence-corrected chi connectivity index (χ3v) is 1.98. The van der Waals surface area contributed by atoms with E-state index < -0.39 is 22.0 Å². The Morgan fingerprint density at radius 1 is 1.58 bits per heavy atom. The topological polar surface area (TPSA) is 38.8 Å². The molecule has 0 saturated carbocycles. The van der Waals surface area contributed by atoms with Crippen LogP contribution in [-0.4, -0.2) is 28.6 Å². The van der Waals surface area contributed by atoms with E-state index in [4.69, 9.17) is 39.5 Å². The molecule has 0 aromatic heterocycles. The molecule has 12 heavy (non-hydrogen) atoms. The zero-order valence-corrected chi connectivity index (χ0v) is 8.49. The van der Waals surface area contributed by atoms with E-state index in [0.29, 0.717) is 6.61 Å². The average Bonchev–Trinajstić information content (AvgIpc) is 2.62. The molecule has 3 nitrogen and oxygen atoms in total. The molecular formula is C6H7Cl3O3. The van der Waals surface area contributed by atoms with E-state index >= 15 is 0 Å². The van der Waals surface area contributed by atoms with Crippen LogP contribution in [0.2, 0.25) is 0 Å². The van der Waals surface area contributed by atoms with Crippen molar-refractivity contribution in [3.63, 3.8) is 0 Å². The molecule has 0 aliphatic carbocycles. The van der Waals surface area contributed by atoms with Gasteiger partial charge >= 0.3 is 5.97 Å². The molecule has 0 aromatic carbocycles. The molecule has 1 aliphatic rings. The molecule has 1 saturated heterocycles. The monoisotopic (exact) mass is 232 g/mol. The van der Waals surface area contributed by atoms with E-state index in [1.54, 1.807) is 6.92 Å². The second-order valence-corrected chi connectivity index (χ2v) is 4.64. The Morgan fingerprint density at radius 2 is 2.17 bits per heavy atom. The molecule has 0 N–H and O–H groups in total. The van der Waals surface area contributed by atoms with Crippen molar-refractivity contribution in [2.45, 2.75) is 22.9 Å². The highest BCUT2D eigenvalue weighted by atomic mass is 35.6. The van der Waals surface area contributed by atoms with Crippen molar-refractivity contribution >= 4 is 40.8 Å². The summed E-state index contributed by atoms with van der Waals surface area (Å²) in [6.07, 6.45) is -1.38. The molecule has 2 atom stereocenters. The Kier molecular flexibility index (Phi) is 3.10. The van der Waals surface area contributed by atoms with Gasteiger partial charge in [-0.3, -0.25) is 0 Å². The van der Waals surface area contributed by atoms with Gasteiger partial charge in [0.25, 0.3) is 0 Å². The minimum atomic E-state index is -1.54. The predicted octanol–water partition coefficient (Wildman–Crippen LogP) is 1.69. The summed E-state index contributed by atoms with van der Waals surface area (Å²) >= 11 is 16.4. The first-order valence-electron chi connectivity index (χ1n) is 3.35. The van der Waals surface area contributed by atoms with Gasteiger partial charge in [-0.2, -0.15) is 0 Å². The number of carbonyl (C=O) groups is 1. The standard InChI is InChI=1S/C6H7Cl3O3/c1-2-11-5(10)3-4(12-3)6(7,8)9/h3-4H,2H2,1H3/t3-,4+/m0/s1. The molecule has 0 unspecified atom stereocenters. The van der Waals surface area contributed by atoms with E-state index in [1.807, 2.05) is 0 Å². The molecule has 1 rings (SSSR count). The lowest BCUT2D eigenvalue weighted by atomic mass is 10.3. The second kappa shape index (κ2) is 3.58. The van der Waals surface area contributed by atoms with Crippen molar-refractivity contribution in [1.82, 2.24) is 0 Å². The zero-order valence-electron chi connectivity index (χ0n) is 6.22. The maximum atomic E-state index is 10.9. The Labute approximate surface area is 84.9 Å². The van der Waals surface area contributed by atoms with Crippen LogP contribution < -0.4 is 0 Å². The fourth-order valence-electron chi connectivity index (χ4n) is 0.765. The van der Waals surface area contributed by atoms with Gasteiger partial charge in [-0.15, -0.1) is 0 Å².